The first kappa shape index (κ1) is 41.0. The van der Waals surface area contributed by atoms with E-state index in [4.69, 9.17) is 19.4 Å². The van der Waals surface area contributed by atoms with E-state index in [0.29, 0.717) is 6.61 Å². The van der Waals surface area contributed by atoms with Gasteiger partial charge in [0.25, 0.3) is 9.04 Å². The molecule has 0 bridgehead atoms. The normalized spacial score (nSPS) is 11.2. The minimum Gasteiger partial charge on any atom is -0.404 e. The molecule has 1 aromatic heterocycles. The summed E-state index contributed by atoms with van der Waals surface area (Å²) in [6, 6.07) is 35.5. The molecule has 0 fully saturated rings. The number of aromatic nitrogens is 1. The van der Waals surface area contributed by atoms with E-state index in [9.17, 15) is 0 Å². The van der Waals surface area contributed by atoms with Gasteiger partial charge < -0.3 is 11.9 Å². The van der Waals surface area contributed by atoms with Crippen LogP contribution in [0.3, 0.4) is 0 Å². The molecular weight excluding hydrogens is 662 g/mol. The smallest absolute Gasteiger partial charge is 0.283 e. The summed E-state index contributed by atoms with van der Waals surface area (Å²) in [4.78, 5) is 14.7. The number of hydrogen-bond donors (Lipinski definition) is 0. The van der Waals surface area contributed by atoms with Gasteiger partial charge in [0.1, 0.15) is 0 Å². The van der Waals surface area contributed by atoms with Crippen molar-refractivity contribution in [3.8, 4) is 0 Å². The Morgan fingerprint density at radius 3 is 1.35 bits per heavy atom. The van der Waals surface area contributed by atoms with Crippen LogP contribution in [-0.2, 0) is 21.2 Å². The molecule has 0 saturated heterocycles. The van der Waals surface area contributed by atoms with Crippen LogP contribution in [0.25, 0.3) is 0 Å². The molecule has 4 aromatic carbocycles. The number of rotatable bonds is 9. The van der Waals surface area contributed by atoms with Crippen molar-refractivity contribution in [1.82, 2.24) is 4.98 Å². The minimum atomic E-state index is -1.13. The molecule has 0 atom stereocenters. The van der Waals surface area contributed by atoms with Gasteiger partial charge in [0.15, 0.2) is 0 Å². The number of pyridine rings is 1. The molecule has 0 N–H and O–H groups in total. The molecule has 0 unspecified atom stereocenters. The predicted octanol–water partition coefficient (Wildman–Crippen LogP) is 9.66. The Morgan fingerprint density at radius 2 is 1.00 bits per heavy atom. The Balaban J connectivity index is 0.000000374. The summed E-state index contributed by atoms with van der Waals surface area (Å²) in [6.07, 6.45) is 1.80. The number of aliphatic imine (C=N–C) groups is 2. The third-order valence-electron chi connectivity index (χ3n) is 7.74. The summed E-state index contributed by atoms with van der Waals surface area (Å²) in [6.45, 7) is 21.0. The van der Waals surface area contributed by atoms with E-state index >= 15 is 0 Å². The maximum atomic E-state index is 5.95. The molecule has 4 nitrogen and oxygen atoms in total. The first-order valence-electron chi connectivity index (χ1n) is 16.0. The van der Waals surface area contributed by atoms with Gasteiger partial charge in [0.2, 0.25) is 0 Å². The fraction of sp³-hybridized carbons (Fsp3) is 0.209. The SMILES string of the molecule is C=CCO[Si](c1ccccc1)c1ccccc1.CC(=Nc1c(C)cc(C)cc1C)c1cccc(C(C)=Nc2c(C)cc(C)cc2C)n1.[CH3-].[Co]. The second-order valence-corrected chi connectivity index (χ2v) is 14.1. The third kappa shape index (κ3) is 11.4. The van der Waals surface area contributed by atoms with Crippen molar-refractivity contribution in [3.05, 3.63) is 168 Å². The molecule has 0 aliphatic heterocycles. The summed E-state index contributed by atoms with van der Waals surface area (Å²) in [5.74, 6) is 0. The second-order valence-electron chi connectivity index (χ2n) is 12.0. The molecule has 5 rings (SSSR count). The largest absolute Gasteiger partial charge is 0.404 e. The fourth-order valence-corrected chi connectivity index (χ4v) is 7.58. The van der Waals surface area contributed by atoms with Crippen LogP contribution in [0.1, 0.15) is 58.6 Å². The molecule has 0 aliphatic rings. The van der Waals surface area contributed by atoms with Gasteiger partial charge in [-0.1, -0.05) is 108 Å². The van der Waals surface area contributed by atoms with Gasteiger partial charge in [0.05, 0.1) is 40.8 Å². The third-order valence-corrected chi connectivity index (χ3v) is 9.91. The molecule has 0 spiro atoms. The Morgan fingerprint density at radius 1 is 0.633 bits per heavy atom. The maximum absolute atomic E-state index is 5.95. The van der Waals surface area contributed by atoms with E-state index < -0.39 is 9.04 Å². The van der Waals surface area contributed by atoms with Crippen LogP contribution in [0.4, 0.5) is 11.4 Å². The van der Waals surface area contributed by atoms with Crippen LogP contribution in [-0.4, -0.2) is 32.1 Å². The first-order chi connectivity index (χ1) is 22.6. The molecule has 6 heteroatoms. The first-order valence-corrected chi connectivity index (χ1v) is 17.4. The van der Waals surface area contributed by atoms with Crippen molar-refractivity contribution in [2.45, 2.75) is 55.4 Å². The summed E-state index contributed by atoms with van der Waals surface area (Å²) >= 11 is 0. The molecule has 0 amide bonds. The van der Waals surface area contributed by atoms with E-state index in [2.05, 4.69) is 121 Å². The van der Waals surface area contributed by atoms with Crippen LogP contribution in [0.5, 0.6) is 0 Å². The number of hydrogen-bond acceptors (Lipinski definition) is 4. The zero-order chi connectivity index (χ0) is 33.9. The van der Waals surface area contributed by atoms with Crippen LogP contribution >= 0.6 is 0 Å². The zero-order valence-electron chi connectivity index (χ0n) is 30.4. The van der Waals surface area contributed by atoms with Crippen LogP contribution < -0.4 is 10.4 Å². The van der Waals surface area contributed by atoms with Crippen molar-refractivity contribution >= 4 is 42.2 Å². The van der Waals surface area contributed by atoms with Crippen molar-refractivity contribution < 1.29 is 21.2 Å². The monoisotopic (exact) mass is 710 g/mol. The van der Waals surface area contributed by atoms with Gasteiger partial charge in [-0.15, -0.1) is 6.58 Å². The fourth-order valence-electron chi connectivity index (χ4n) is 5.64. The second kappa shape index (κ2) is 19.7. The summed E-state index contributed by atoms with van der Waals surface area (Å²) in [5.41, 5.74) is 12.9. The van der Waals surface area contributed by atoms with Crippen molar-refractivity contribution in [3.63, 3.8) is 0 Å². The zero-order valence-corrected chi connectivity index (χ0v) is 32.4. The molecule has 1 heterocycles. The van der Waals surface area contributed by atoms with Gasteiger partial charge in [-0.25, -0.2) is 4.98 Å². The van der Waals surface area contributed by atoms with E-state index in [1.54, 1.807) is 6.08 Å². The van der Waals surface area contributed by atoms with Crippen LogP contribution in [0.2, 0.25) is 0 Å². The topological polar surface area (TPSA) is 46.8 Å². The van der Waals surface area contributed by atoms with Gasteiger partial charge in [0, 0.05) is 16.8 Å². The number of aryl methyl sites for hydroxylation is 6. The molecule has 0 aliphatic carbocycles. The molecule has 49 heavy (non-hydrogen) atoms. The van der Waals surface area contributed by atoms with Crippen molar-refractivity contribution in [2.75, 3.05) is 6.61 Å². The molecule has 0 saturated carbocycles. The van der Waals surface area contributed by atoms with Gasteiger partial charge in [-0.2, -0.15) is 0 Å². The van der Waals surface area contributed by atoms with Crippen molar-refractivity contribution in [1.29, 1.82) is 0 Å². The molecule has 2 radical (unpaired) electrons. The van der Waals surface area contributed by atoms with Crippen LogP contribution in [0, 0.1) is 49.0 Å². The summed E-state index contributed by atoms with van der Waals surface area (Å²) < 4.78 is 5.95. The van der Waals surface area contributed by atoms with Gasteiger partial charge >= 0.3 is 0 Å². The summed E-state index contributed by atoms with van der Waals surface area (Å²) in [7, 11) is -1.13. The Kier molecular flexibility index (Phi) is 16.5. The van der Waals surface area contributed by atoms with Crippen molar-refractivity contribution in [2.24, 2.45) is 9.98 Å². The number of nitrogens with zero attached hydrogens (tertiary/aromatic N) is 3. The van der Waals surface area contributed by atoms with Gasteiger partial charge in [-0.3, -0.25) is 9.98 Å². The summed E-state index contributed by atoms with van der Waals surface area (Å²) in [5, 5.41) is 2.54. The van der Waals surface area contributed by atoms with E-state index in [1.165, 1.54) is 43.8 Å². The maximum Gasteiger partial charge on any atom is 0.283 e. The molecular formula is C43H49CoN3OSi-. The van der Waals surface area contributed by atoms with E-state index in [1.807, 2.05) is 44.2 Å². The minimum absolute atomic E-state index is 0. The Hall–Kier alpha value is -4.21. The van der Waals surface area contributed by atoms with E-state index in [-0.39, 0.29) is 24.2 Å². The standard InChI is InChI=1S/C27H31N3.C15H15OSi.CH3.Co/c1-16-12-18(3)26(19(4)13-16)28-22(7)24-10-9-11-25(30-24)23(8)29-27-20(5)14-17(2)15-21(27)6;1-2-13-16-17(14-9-5-3-6-10-14)15-11-7-4-8-12-15;;/h9-15H,1-8H3;2-12H,1,13H2;1H3;/q;;-1;. The predicted molar refractivity (Wildman–Crippen MR) is 210 cm³/mol. The van der Waals surface area contributed by atoms with Gasteiger partial charge in [-0.05, 0) is 100 Å². The number of benzene rings is 4. The quantitative estimate of drug-likeness (QED) is 0.0662. The Bertz CT molecular complexity index is 1710. The van der Waals surface area contributed by atoms with Crippen LogP contribution in [0.15, 0.2) is 126 Å². The molecule has 5 aromatic rings. The molecule has 256 valence electrons. The van der Waals surface area contributed by atoms with E-state index in [0.717, 1.165) is 34.2 Å². The average molecular weight is 711 g/mol. The Labute approximate surface area is 307 Å². The average Bonchev–Trinajstić information content (AvgIpc) is 3.06.